The second-order valence-electron chi connectivity index (χ2n) is 16.5. The van der Waals surface area contributed by atoms with Crippen LogP contribution in [0.1, 0.15) is 111 Å². The van der Waals surface area contributed by atoms with Gasteiger partial charge in [-0.25, -0.2) is 22.0 Å². The summed E-state index contributed by atoms with van der Waals surface area (Å²) < 4.78 is 200. The number of halogens is 12. The molecule has 28 heteroatoms. The van der Waals surface area contributed by atoms with E-state index in [1.54, 1.807) is 0 Å². The van der Waals surface area contributed by atoms with E-state index in [1.165, 1.54) is 48.5 Å². The number of aliphatic hydroxyl groups is 2. The van der Waals surface area contributed by atoms with Crippen LogP contribution in [0, 0.1) is 5.92 Å². The Morgan fingerprint density at radius 1 is 0.372 bits per heavy atom. The quantitative estimate of drug-likeness (QED) is 0.110. The highest BCUT2D eigenvalue weighted by Crippen LogP contribution is 2.25. The highest BCUT2D eigenvalue weighted by atomic mass is 19.2. The maximum Gasteiger partial charge on any atom is 0.188 e. The topological polar surface area (TPSA) is 170 Å². The normalized spacial score (nSPS) is 20.7. The molecule has 0 spiro atoms. The smallest absolute Gasteiger partial charge is 0.188 e. The maximum absolute atomic E-state index is 11.7. The Balaban J connectivity index is -0.000000123. The van der Waals surface area contributed by atoms with Gasteiger partial charge in [-0.2, -0.15) is 0 Å². The first kappa shape index (κ1) is 93.0. The van der Waals surface area contributed by atoms with Crippen molar-refractivity contribution in [3.05, 3.63) is 0 Å². The van der Waals surface area contributed by atoms with Crippen LogP contribution in [0.2, 0.25) is 0 Å². The Morgan fingerprint density at radius 2 is 0.551 bits per heavy atom. The average Bonchev–Trinajstić information content (AvgIpc) is 4.11. The van der Waals surface area contributed by atoms with E-state index < -0.39 is 63.6 Å². The summed E-state index contributed by atoms with van der Waals surface area (Å²) in [5, 5.41) is 16.2. The van der Waals surface area contributed by atoms with E-state index in [-0.39, 0.29) is 103 Å². The summed E-state index contributed by atoms with van der Waals surface area (Å²) in [5.74, 6) is -1.96. The van der Waals surface area contributed by atoms with Gasteiger partial charge in [0, 0.05) is 5.92 Å². The molecule has 0 saturated carbocycles. The molecule has 4 saturated heterocycles. The molecule has 16 nitrogen and oxygen atoms in total. The Hall–Kier alpha value is -1.48. The highest BCUT2D eigenvalue weighted by molar-refractivity contribution is 4.72. The SMILES string of the molecule is CC(COCF)COCC1COC(C)(C)O1.CC1(C)OCC(COCC(O)COCF)O1.CC1(C)OCC(COCF)O1.CC1(C)OCC(COCF)O1.CCF.CCF.CCF.CCF.CCF.CCF.CCF.OCF. The van der Waals surface area contributed by atoms with Gasteiger partial charge in [-0.15, -0.1) is 0 Å². The predicted molar refractivity (Wildman–Crippen MR) is 274 cm³/mol. The molecule has 6 atom stereocenters. The molecule has 2 N–H and O–H groups in total. The van der Waals surface area contributed by atoms with Crippen molar-refractivity contribution in [1.29, 1.82) is 0 Å². The molecule has 0 amide bonds. The predicted octanol–water partition coefficient (Wildman–Crippen LogP) is 11.1. The van der Waals surface area contributed by atoms with Gasteiger partial charge in [0.1, 0.15) is 30.5 Å². The molecule has 0 radical (unpaired) electrons. The fourth-order valence-corrected chi connectivity index (χ4v) is 4.99. The van der Waals surface area contributed by atoms with Crippen molar-refractivity contribution in [2.75, 3.05) is 160 Å². The molecule has 0 bridgehead atoms. The number of hydrogen-bond acceptors (Lipinski definition) is 16. The molecule has 4 fully saturated rings. The van der Waals surface area contributed by atoms with Gasteiger partial charge in [-0.05, 0) is 104 Å². The van der Waals surface area contributed by atoms with Crippen LogP contribution in [0.5, 0.6) is 0 Å². The van der Waals surface area contributed by atoms with Gasteiger partial charge < -0.3 is 76.5 Å². The van der Waals surface area contributed by atoms with Crippen LogP contribution < -0.4 is 0 Å². The number of rotatable bonds is 20. The van der Waals surface area contributed by atoms with Crippen LogP contribution in [0.15, 0.2) is 0 Å². The standard InChI is InChI=1S/C11H21FO4.C10H19FO5.2C7H13FO3.7C2H5F.CH3FO/c1-9(5-14-8-12)4-13-6-10-7-15-11(2,3)16-10;1-10(2)15-6-9(16-10)5-13-3-8(12)4-14-7-11;2*1-7(2)10-4-6(11-7)3-9-5-8;7*1-2-3;2-1-3/h9-10H,4-8H2,1-3H3;8-9,12H,3-7H2,1-2H3;2*6H,3-5H2,1-2H3;7*2H2,1H3;3H,1H2. The lowest BCUT2D eigenvalue weighted by atomic mass is 10.2. The van der Waals surface area contributed by atoms with Crippen LogP contribution in [0.3, 0.4) is 0 Å². The molecule has 4 rings (SSSR count). The Labute approximate surface area is 459 Å². The zero-order valence-electron chi connectivity index (χ0n) is 49.6. The fourth-order valence-electron chi connectivity index (χ4n) is 4.99. The van der Waals surface area contributed by atoms with Crippen LogP contribution in [-0.2, 0) is 66.3 Å². The third kappa shape index (κ3) is 81.0. The van der Waals surface area contributed by atoms with Gasteiger partial charge in [0.25, 0.3) is 0 Å². The second-order valence-corrected chi connectivity index (χ2v) is 16.5. The molecule has 484 valence electrons. The minimum Gasteiger partial charge on any atom is -0.388 e. The fraction of sp³-hybridized carbons (Fsp3) is 1.00. The van der Waals surface area contributed by atoms with E-state index in [2.05, 4.69) is 18.9 Å². The number of aliphatic hydroxyl groups excluding tert-OH is 2. The van der Waals surface area contributed by atoms with E-state index >= 15 is 0 Å². The Kier molecular flexibility index (Phi) is 81.1. The van der Waals surface area contributed by atoms with Crippen molar-refractivity contribution in [3.63, 3.8) is 0 Å². The van der Waals surface area contributed by atoms with Gasteiger partial charge in [-0.1, -0.05) is 6.92 Å². The van der Waals surface area contributed by atoms with Crippen molar-refractivity contribution < 1.29 is 129 Å². The zero-order valence-corrected chi connectivity index (χ0v) is 49.6. The van der Waals surface area contributed by atoms with Crippen molar-refractivity contribution in [2.24, 2.45) is 5.92 Å². The summed E-state index contributed by atoms with van der Waals surface area (Å²) >= 11 is 0. The second kappa shape index (κ2) is 68.0. The summed E-state index contributed by atoms with van der Waals surface area (Å²) in [6.45, 7) is 25.0. The highest BCUT2D eigenvalue weighted by Gasteiger charge is 2.35. The van der Waals surface area contributed by atoms with E-state index in [4.69, 9.17) is 52.5 Å². The van der Waals surface area contributed by atoms with Gasteiger partial charge in [-0.3, -0.25) is 30.7 Å². The van der Waals surface area contributed by atoms with Gasteiger partial charge in [0.05, 0.1) is 126 Å². The Morgan fingerprint density at radius 3 is 0.756 bits per heavy atom. The Bertz CT molecular complexity index is 1000. The van der Waals surface area contributed by atoms with E-state index in [9.17, 15) is 57.8 Å². The summed E-state index contributed by atoms with van der Waals surface area (Å²) in [6.07, 6.45) is -1.19. The van der Waals surface area contributed by atoms with Crippen LogP contribution in [-0.4, -0.2) is 224 Å². The molecule has 4 heterocycles. The van der Waals surface area contributed by atoms with Crippen LogP contribution in [0.4, 0.5) is 52.7 Å². The molecule has 0 aliphatic carbocycles. The largest absolute Gasteiger partial charge is 0.388 e. The minimum atomic E-state index is -1.25. The average molecular weight is 1190 g/mol. The number of hydrogen-bond donors (Lipinski definition) is 2. The lowest BCUT2D eigenvalue weighted by molar-refractivity contribution is -0.147. The van der Waals surface area contributed by atoms with Crippen molar-refractivity contribution in [3.8, 4) is 0 Å². The molecular formula is C50H104F12O16. The molecule has 6 unspecified atom stereocenters. The molecule has 0 aromatic rings. The maximum atomic E-state index is 11.7. The van der Waals surface area contributed by atoms with Crippen LogP contribution in [0.25, 0.3) is 0 Å². The van der Waals surface area contributed by atoms with Gasteiger partial charge >= 0.3 is 0 Å². The van der Waals surface area contributed by atoms with Crippen LogP contribution >= 0.6 is 0 Å². The molecule has 78 heavy (non-hydrogen) atoms. The van der Waals surface area contributed by atoms with E-state index in [0.717, 1.165) is 0 Å². The summed E-state index contributed by atoms with van der Waals surface area (Å²) in [4.78, 5) is 0. The molecular weight excluding hydrogens is 1080 g/mol. The third-order valence-electron chi connectivity index (χ3n) is 7.22. The number of ether oxygens (including phenoxy) is 14. The minimum absolute atomic E-state index is 0.00991. The van der Waals surface area contributed by atoms with Crippen molar-refractivity contribution in [1.82, 2.24) is 0 Å². The summed E-state index contributed by atoms with van der Waals surface area (Å²) in [5.41, 5.74) is 0. The van der Waals surface area contributed by atoms with Crippen molar-refractivity contribution in [2.45, 2.75) is 164 Å². The lowest BCUT2D eigenvalue weighted by Gasteiger charge is -2.17. The van der Waals surface area contributed by atoms with Gasteiger partial charge in [0.15, 0.2) is 57.5 Å². The lowest BCUT2D eigenvalue weighted by Crippen LogP contribution is -2.27. The van der Waals surface area contributed by atoms with E-state index in [0.29, 0.717) is 52.9 Å². The summed E-state index contributed by atoms with van der Waals surface area (Å²) in [6, 6.07) is 0. The molecule has 4 aliphatic rings. The molecule has 0 aromatic carbocycles. The molecule has 0 aromatic heterocycles. The first-order valence-electron chi connectivity index (χ1n) is 25.4. The molecule has 4 aliphatic heterocycles. The first-order valence-corrected chi connectivity index (χ1v) is 25.4. The monoisotopic (exact) mass is 1190 g/mol. The number of alkyl halides is 12. The third-order valence-corrected chi connectivity index (χ3v) is 7.22. The zero-order chi connectivity index (χ0) is 62.3. The van der Waals surface area contributed by atoms with Crippen molar-refractivity contribution >= 4 is 0 Å². The summed E-state index contributed by atoms with van der Waals surface area (Å²) in [7, 11) is 0. The van der Waals surface area contributed by atoms with E-state index in [1.807, 2.05) is 62.3 Å². The first-order chi connectivity index (χ1) is 36.7. The van der Waals surface area contributed by atoms with Gasteiger partial charge in [0.2, 0.25) is 0 Å².